The molecule has 18 heavy (non-hydrogen) atoms. The van der Waals surface area contributed by atoms with Crippen LogP contribution in [0.5, 0.6) is 0 Å². The molecule has 0 radical (unpaired) electrons. The summed E-state index contributed by atoms with van der Waals surface area (Å²) in [6, 6.07) is 13.1. The van der Waals surface area contributed by atoms with Gasteiger partial charge in [0.05, 0.1) is 0 Å². The monoisotopic (exact) mass is 244 g/mol. The van der Waals surface area contributed by atoms with Crippen LogP contribution < -0.4 is 0 Å². The maximum absolute atomic E-state index is 2.22. The van der Waals surface area contributed by atoms with Crippen molar-refractivity contribution in [1.82, 2.24) is 0 Å². The van der Waals surface area contributed by atoms with Gasteiger partial charge in [-0.15, -0.1) is 0 Å². The average molecular weight is 244 g/mol. The van der Waals surface area contributed by atoms with E-state index in [0.29, 0.717) is 0 Å². The number of hydrogen-bond acceptors (Lipinski definition) is 0. The van der Waals surface area contributed by atoms with E-state index >= 15 is 0 Å². The van der Waals surface area contributed by atoms with Crippen LogP contribution in [0.25, 0.3) is 10.8 Å². The molecule has 0 N–H and O–H groups in total. The van der Waals surface area contributed by atoms with Gasteiger partial charge in [0.25, 0.3) is 0 Å². The van der Waals surface area contributed by atoms with Gasteiger partial charge in [-0.2, -0.15) is 0 Å². The highest BCUT2D eigenvalue weighted by Crippen LogP contribution is 2.16. The van der Waals surface area contributed by atoms with Gasteiger partial charge in [0.15, 0.2) is 0 Å². The van der Waals surface area contributed by atoms with Crippen LogP contribution in [-0.2, 0) is 0 Å². The lowest BCUT2D eigenvalue weighted by Gasteiger charge is -1.99. The molecule has 0 nitrogen and oxygen atoms in total. The van der Waals surface area contributed by atoms with Crippen molar-refractivity contribution in [3.63, 3.8) is 0 Å². The Hall–Kier alpha value is -1.30. The SMILES string of the molecule is CCC.CCC.Cc1ccc2cc(C)ccc2c1. The third kappa shape index (κ3) is 6.44. The molecule has 100 valence electrons. The first kappa shape index (κ1) is 16.7. The van der Waals surface area contributed by atoms with E-state index in [9.17, 15) is 0 Å². The first-order valence-corrected chi connectivity index (χ1v) is 7.05. The minimum absolute atomic E-state index is 1.25. The Bertz CT molecular complexity index is 397. The van der Waals surface area contributed by atoms with Gasteiger partial charge >= 0.3 is 0 Å². The molecule has 0 heteroatoms. The van der Waals surface area contributed by atoms with Crippen LogP contribution in [0.4, 0.5) is 0 Å². The minimum atomic E-state index is 1.25. The van der Waals surface area contributed by atoms with E-state index in [2.05, 4.69) is 77.9 Å². The molecular formula is C18H28. The van der Waals surface area contributed by atoms with Crippen LogP contribution in [0.3, 0.4) is 0 Å². The largest absolute Gasteiger partial charge is 0.0656 e. The summed E-state index contributed by atoms with van der Waals surface area (Å²) in [6.45, 7) is 12.7. The van der Waals surface area contributed by atoms with Crippen LogP contribution in [-0.4, -0.2) is 0 Å². The molecule has 2 aromatic carbocycles. The standard InChI is InChI=1S/C12H12.2C3H8/c1-9-3-5-12-8-10(2)4-6-11(12)7-9;2*1-3-2/h3-8H,1-2H3;2*3H2,1-2H3. The lowest BCUT2D eigenvalue weighted by atomic mass is 10.1. The summed E-state index contributed by atoms with van der Waals surface area (Å²) in [6.07, 6.45) is 2.50. The van der Waals surface area contributed by atoms with Crippen molar-refractivity contribution in [3.05, 3.63) is 47.5 Å². The highest BCUT2D eigenvalue weighted by molar-refractivity contribution is 5.83. The summed E-state index contributed by atoms with van der Waals surface area (Å²) in [5.41, 5.74) is 2.65. The molecule has 0 aromatic heterocycles. The normalized spacial score (nSPS) is 9.00. The van der Waals surface area contributed by atoms with Gasteiger partial charge in [-0.25, -0.2) is 0 Å². The third-order valence-electron chi connectivity index (χ3n) is 2.15. The summed E-state index contributed by atoms with van der Waals surface area (Å²) in [7, 11) is 0. The van der Waals surface area contributed by atoms with E-state index in [0.717, 1.165) is 0 Å². The fraction of sp³-hybridized carbons (Fsp3) is 0.444. The Balaban J connectivity index is 0.000000414. The predicted octanol–water partition coefficient (Wildman–Crippen LogP) is 6.29. The van der Waals surface area contributed by atoms with Gasteiger partial charge in [0, 0.05) is 0 Å². The molecule has 0 heterocycles. The van der Waals surface area contributed by atoms with E-state index < -0.39 is 0 Å². The van der Waals surface area contributed by atoms with Crippen LogP contribution in [0, 0.1) is 13.8 Å². The zero-order chi connectivity index (χ0) is 14.0. The Morgan fingerprint density at radius 1 is 0.611 bits per heavy atom. The van der Waals surface area contributed by atoms with Crippen molar-refractivity contribution in [3.8, 4) is 0 Å². The number of rotatable bonds is 0. The zero-order valence-electron chi connectivity index (χ0n) is 12.9. The van der Waals surface area contributed by atoms with E-state index in [1.54, 1.807) is 0 Å². The van der Waals surface area contributed by atoms with Crippen molar-refractivity contribution in [2.45, 2.75) is 54.4 Å². The number of aryl methyl sites for hydroxylation is 2. The van der Waals surface area contributed by atoms with Crippen LogP contribution in [0.1, 0.15) is 51.7 Å². The molecule has 0 aliphatic carbocycles. The van der Waals surface area contributed by atoms with E-state index in [-0.39, 0.29) is 0 Å². The van der Waals surface area contributed by atoms with Crippen LogP contribution in [0.2, 0.25) is 0 Å². The molecule has 0 spiro atoms. The molecule has 0 saturated heterocycles. The van der Waals surface area contributed by atoms with E-state index in [4.69, 9.17) is 0 Å². The van der Waals surface area contributed by atoms with Crippen molar-refractivity contribution in [1.29, 1.82) is 0 Å². The molecular weight excluding hydrogens is 216 g/mol. The molecule has 0 aliphatic heterocycles. The fourth-order valence-electron chi connectivity index (χ4n) is 1.48. The first-order valence-electron chi connectivity index (χ1n) is 7.05. The third-order valence-corrected chi connectivity index (χ3v) is 2.15. The Morgan fingerprint density at radius 3 is 1.17 bits per heavy atom. The van der Waals surface area contributed by atoms with Crippen LogP contribution in [0.15, 0.2) is 36.4 Å². The van der Waals surface area contributed by atoms with Gasteiger partial charge in [0.1, 0.15) is 0 Å². The molecule has 2 aromatic rings. The maximum Gasteiger partial charge on any atom is -0.0181 e. The lowest BCUT2D eigenvalue weighted by Crippen LogP contribution is -1.76. The smallest absolute Gasteiger partial charge is 0.0181 e. The van der Waals surface area contributed by atoms with Crippen molar-refractivity contribution in [2.24, 2.45) is 0 Å². The number of benzene rings is 2. The van der Waals surface area contributed by atoms with Crippen molar-refractivity contribution < 1.29 is 0 Å². The van der Waals surface area contributed by atoms with Gasteiger partial charge in [-0.1, -0.05) is 88.1 Å². The van der Waals surface area contributed by atoms with Gasteiger partial charge < -0.3 is 0 Å². The highest BCUT2D eigenvalue weighted by atomic mass is 14.0. The molecule has 0 saturated carbocycles. The minimum Gasteiger partial charge on any atom is -0.0656 e. The maximum atomic E-state index is 2.22. The highest BCUT2D eigenvalue weighted by Gasteiger charge is 1.92. The summed E-state index contributed by atoms with van der Waals surface area (Å²) in [5.74, 6) is 0. The Morgan fingerprint density at radius 2 is 0.889 bits per heavy atom. The van der Waals surface area contributed by atoms with E-state index in [1.807, 2.05) is 0 Å². The van der Waals surface area contributed by atoms with Gasteiger partial charge in [-0.3, -0.25) is 0 Å². The Kier molecular flexibility index (Phi) is 9.00. The first-order chi connectivity index (χ1) is 8.58. The zero-order valence-corrected chi connectivity index (χ0v) is 12.9. The summed E-state index contributed by atoms with van der Waals surface area (Å²) >= 11 is 0. The van der Waals surface area contributed by atoms with Gasteiger partial charge in [-0.05, 0) is 24.6 Å². The molecule has 0 aliphatic rings. The second-order valence-electron chi connectivity index (χ2n) is 4.77. The second kappa shape index (κ2) is 9.70. The topological polar surface area (TPSA) is 0 Å². The van der Waals surface area contributed by atoms with Gasteiger partial charge in [0.2, 0.25) is 0 Å². The van der Waals surface area contributed by atoms with Crippen LogP contribution >= 0.6 is 0 Å². The molecule has 0 unspecified atom stereocenters. The second-order valence-corrected chi connectivity index (χ2v) is 4.77. The van der Waals surface area contributed by atoms with E-state index in [1.165, 1.54) is 34.7 Å². The molecule has 0 atom stereocenters. The molecule has 0 bridgehead atoms. The summed E-state index contributed by atoms with van der Waals surface area (Å²) < 4.78 is 0. The average Bonchev–Trinajstić information content (AvgIpc) is 2.31. The summed E-state index contributed by atoms with van der Waals surface area (Å²) in [4.78, 5) is 0. The van der Waals surface area contributed by atoms with Crippen molar-refractivity contribution in [2.75, 3.05) is 0 Å². The Labute approximate surface area is 113 Å². The fourth-order valence-corrected chi connectivity index (χ4v) is 1.48. The quantitative estimate of drug-likeness (QED) is 0.511. The number of fused-ring (bicyclic) bond motifs is 1. The molecule has 2 rings (SSSR count). The molecule has 0 amide bonds. The predicted molar refractivity (Wildman–Crippen MR) is 85.4 cm³/mol. The van der Waals surface area contributed by atoms with Crippen molar-refractivity contribution >= 4 is 10.8 Å². The lowest BCUT2D eigenvalue weighted by molar-refractivity contribution is 1.09. The summed E-state index contributed by atoms with van der Waals surface area (Å²) in [5, 5.41) is 2.67. The molecule has 0 fully saturated rings. The number of hydrogen-bond donors (Lipinski definition) is 0.